The minimum atomic E-state index is -2.90. The van der Waals surface area contributed by atoms with Crippen LogP contribution in [0.1, 0.15) is 37.7 Å². The van der Waals surface area contributed by atoms with E-state index < -0.39 is 6.61 Å². The van der Waals surface area contributed by atoms with Gasteiger partial charge in [-0.1, -0.05) is 19.3 Å². The molecule has 0 saturated heterocycles. The lowest BCUT2D eigenvalue weighted by Gasteiger charge is -2.23. The first-order valence-corrected chi connectivity index (χ1v) is 8.21. The highest BCUT2D eigenvalue weighted by Crippen LogP contribution is 2.28. The first-order valence-electron chi connectivity index (χ1n) is 7.81. The molecule has 1 aromatic carbocycles. The number of hydrogen-bond donors (Lipinski definition) is 2. The predicted molar refractivity (Wildman–Crippen MR) is 93.0 cm³/mol. The molecule has 1 aromatic rings. The largest absolute Gasteiger partial charge is 0.493 e. The van der Waals surface area contributed by atoms with Crippen molar-refractivity contribution in [1.29, 1.82) is 0 Å². The quantitative estimate of drug-likeness (QED) is 0.464. The van der Waals surface area contributed by atoms with Crippen LogP contribution in [0.2, 0.25) is 0 Å². The van der Waals surface area contributed by atoms with Gasteiger partial charge in [0.1, 0.15) is 0 Å². The molecule has 0 bridgehead atoms. The lowest BCUT2D eigenvalue weighted by Crippen LogP contribution is -2.40. The second-order valence-electron chi connectivity index (χ2n) is 5.47. The summed E-state index contributed by atoms with van der Waals surface area (Å²) in [7, 11) is 1.38. The fraction of sp³-hybridized carbons (Fsp3) is 0.500. The van der Waals surface area contributed by atoms with Crippen molar-refractivity contribution in [1.82, 2.24) is 10.7 Å². The molecule has 1 aliphatic rings. The van der Waals surface area contributed by atoms with E-state index >= 15 is 0 Å². The summed E-state index contributed by atoms with van der Waals surface area (Å²) in [5.74, 6) is 0.189. The number of hydrazone groups is 1. The summed E-state index contributed by atoms with van der Waals surface area (Å²) in [5, 5.41) is 7.76. The maximum Gasteiger partial charge on any atom is 0.387 e. The number of halogens is 2. The summed E-state index contributed by atoms with van der Waals surface area (Å²) >= 11 is 5.20. The number of rotatable bonds is 6. The molecule has 0 heterocycles. The van der Waals surface area contributed by atoms with Crippen molar-refractivity contribution in [2.24, 2.45) is 5.10 Å². The second-order valence-corrected chi connectivity index (χ2v) is 5.88. The van der Waals surface area contributed by atoms with Crippen LogP contribution in [0.5, 0.6) is 11.5 Å². The van der Waals surface area contributed by atoms with Crippen LogP contribution in [0.4, 0.5) is 8.78 Å². The van der Waals surface area contributed by atoms with E-state index in [1.807, 2.05) is 0 Å². The highest BCUT2D eigenvalue weighted by Gasteiger charge is 2.13. The van der Waals surface area contributed by atoms with Crippen molar-refractivity contribution in [3.63, 3.8) is 0 Å². The van der Waals surface area contributed by atoms with Crippen LogP contribution >= 0.6 is 12.2 Å². The molecule has 2 rings (SSSR count). The van der Waals surface area contributed by atoms with Crippen LogP contribution in [-0.2, 0) is 0 Å². The van der Waals surface area contributed by atoms with E-state index in [1.165, 1.54) is 38.7 Å². The number of nitrogens with one attached hydrogen (secondary N) is 2. The Morgan fingerprint density at radius 3 is 2.71 bits per heavy atom. The molecule has 0 radical (unpaired) electrons. The van der Waals surface area contributed by atoms with E-state index in [4.69, 9.17) is 17.0 Å². The molecule has 8 heteroatoms. The molecule has 0 atom stereocenters. The monoisotopic (exact) mass is 357 g/mol. The Hall–Kier alpha value is -1.96. The van der Waals surface area contributed by atoms with E-state index in [0.29, 0.717) is 16.7 Å². The molecule has 1 aliphatic carbocycles. The van der Waals surface area contributed by atoms with Gasteiger partial charge in [0.05, 0.1) is 13.3 Å². The molecule has 5 nitrogen and oxygen atoms in total. The van der Waals surface area contributed by atoms with Gasteiger partial charge in [0.2, 0.25) is 0 Å². The Bertz CT molecular complexity index is 578. The molecule has 2 N–H and O–H groups in total. The van der Waals surface area contributed by atoms with E-state index in [1.54, 1.807) is 12.1 Å². The molecule has 0 spiro atoms. The fourth-order valence-corrected chi connectivity index (χ4v) is 2.81. The third kappa shape index (κ3) is 5.92. The van der Waals surface area contributed by atoms with E-state index in [0.717, 1.165) is 12.8 Å². The Morgan fingerprint density at radius 1 is 1.29 bits per heavy atom. The van der Waals surface area contributed by atoms with Crippen LogP contribution in [0.15, 0.2) is 23.3 Å². The first-order chi connectivity index (χ1) is 11.6. The molecule has 0 aromatic heterocycles. The Morgan fingerprint density at radius 2 is 2.04 bits per heavy atom. The fourth-order valence-electron chi connectivity index (χ4n) is 2.59. The van der Waals surface area contributed by atoms with Crippen LogP contribution in [-0.4, -0.2) is 31.1 Å². The Kier molecular flexibility index (Phi) is 7.17. The van der Waals surface area contributed by atoms with Crippen LogP contribution < -0.4 is 20.2 Å². The highest BCUT2D eigenvalue weighted by atomic mass is 32.1. The van der Waals surface area contributed by atoms with E-state index in [2.05, 4.69) is 20.6 Å². The van der Waals surface area contributed by atoms with E-state index in [9.17, 15) is 8.78 Å². The van der Waals surface area contributed by atoms with Crippen LogP contribution in [0.3, 0.4) is 0 Å². The zero-order chi connectivity index (χ0) is 17.4. The summed E-state index contributed by atoms with van der Waals surface area (Å²) in [6, 6.07) is 4.97. The number of hydrogen-bond acceptors (Lipinski definition) is 4. The number of nitrogens with zero attached hydrogens (tertiary/aromatic N) is 1. The lowest BCUT2D eigenvalue weighted by molar-refractivity contribution is -0.0512. The molecular formula is C16H21F2N3O2S. The standard InChI is InChI=1S/C16H21F2N3O2S/c1-22-14-9-11(7-8-13(14)23-15(17)18)10-19-21-16(24)20-12-5-3-2-4-6-12/h7-10,12,15H,2-6H2,1H3,(H2,20,21,24). The van der Waals surface area contributed by atoms with Crippen LogP contribution in [0, 0.1) is 0 Å². The van der Waals surface area contributed by atoms with Crippen molar-refractivity contribution in [3.8, 4) is 11.5 Å². The topological polar surface area (TPSA) is 54.9 Å². The Labute approximate surface area is 145 Å². The van der Waals surface area contributed by atoms with Gasteiger partial charge in [-0.2, -0.15) is 13.9 Å². The maximum absolute atomic E-state index is 12.3. The van der Waals surface area contributed by atoms with Gasteiger partial charge in [0, 0.05) is 6.04 Å². The molecule has 1 fully saturated rings. The van der Waals surface area contributed by atoms with Gasteiger partial charge in [0.15, 0.2) is 16.6 Å². The van der Waals surface area contributed by atoms with Gasteiger partial charge in [-0.05, 0) is 48.8 Å². The van der Waals surface area contributed by atoms with Gasteiger partial charge in [-0.3, -0.25) is 5.43 Å². The number of ether oxygens (including phenoxy) is 2. The SMILES string of the molecule is COc1cc(C=NNC(=S)NC2CCCCC2)ccc1OC(F)F. The van der Waals surface area contributed by atoms with Gasteiger partial charge in [-0.15, -0.1) is 0 Å². The molecule has 132 valence electrons. The van der Waals surface area contributed by atoms with Crippen molar-refractivity contribution < 1.29 is 18.3 Å². The predicted octanol–water partition coefficient (Wildman–Crippen LogP) is 3.43. The van der Waals surface area contributed by atoms with Crippen molar-refractivity contribution in [2.45, 2.75) is 44.8 Å². The third-order valence-electron chi connectivity index (χ3n) is 3.72. The summed E-state index contributed by atoms with van der Waals surface area (Å²) in [4.78, 5) is 0. The number of benzene rings is 1. The normalized spacial score (nSPS) is 15.5. The molecule has 0 aliphatic heterocycles. The third-order valence-corrected chi connectivity index (χ3v) is 3.93. The minimum absolute atomic E-state index is 0.0212. The van der Waals surface area contributed by atoms with Gasteiger partial charge < -0.3 is 14.8 Å². The minimum Gasteiger partial charge on any atom is -0.493 e. The molecule has 1 saturated carbocycles. The summed E-state index contributed by atoms with van der Waals surface area (Å²) in [6.07, 6.45) is 7.49. The van der Waals surface area contributed by atoms with Gasteiger partial charge in [0.25, 0.3) is 0 Å². The smallest absolute Gasteiger partial charge is 0.387 e. The number of alkyl halides is 2. The van der Waals surface area contributed by atoms with E-state index in [-0.39, 0.29) is 11.5 Å². The molecule has 0 amide bonds. The summed E-state index contributed by atoms with van der Waals surface area (Å²) in [6.45, 7) is -2.90. The second kappa shape index (κ2) is 9.36. The average molecular weight is 357 g/mol. The highest BCUT2D eigenvalue weighted by molar-refractivity contribution is 7.80. The molecular weight excluding hydrogens is 336 g/mol. The Balaban J connectivity index is 1.87. The van der Waals surface area contributed by atoms with Gasteiger partial charge >= 0.3 is 6.61 Å². The van der Waals surface area contributed by atoms with Crippen LogP contribution in [0.25, 0.3) is 0 Å². The number of thiocarbonyl (C=S) groups is 1. The summed E-state index contributed by atoms with van der Waals surface area (Å²) in [5.41, 5.74) is 3.43. The summed E-state index contributed by atoms with van der Waals surface area (Å²) < 4.78 is 34.0. The van der Waals surface area contributed by atoms with Crippen molar-refractivity contribution >= 4 is 23.5 Å². The molecule has 24 heavy (non-hydrogen) atoms. The number of methoxy groups -OCH3 is 1. The first kappa shape index (κ1) is 18.4. The van der Waals surface area contributed by atoms with Crippen molar-refractivity contribution in [2.75, 3.05) is 7.11 Å². The zero-order valence-corrected chi connectivity index (χ0v) is 14.2. The van der Waals surface area contributed by atoms with Gasteiger partial charge in [-0.25, -0.2) is 0 Å². The zero-order valence-electron chi connectivity index (χ0n) is 13.4. The lowest BCUT2D eigenvalue weighted by atomic mass is 9.96. The average Bonchev–Trinajstić information content (AvgIpc) is 2.56. The van der Waals surface area contributed by atoms with Crippen molar-refractivity contribution in [3.05, 3.63) is 23.8 Å². The maximum atomic E-state index is 12.3. The molecule has 0 unspecified atom stereocenters.